The molecule has 1 rings (SSSR count). The van der Waals surface area contributed by atoms with Crippen LogP contribution in [0.25, 0.3) is 0 Å². The Hall–Kier alpha value is -1.66. The van der Waals surface area contributed by atoms with Crippen molar-refractivity contribution in [2.24, 2.45) is 5.84 Å². The number of para-hydroxylation sites is 1. The summed E-state index contributed by atoms with van der Waals surface area (Å²) in [6.07, 6.45) is 5.96. The second kappa shape index (κ2) is 9.31. The Morgan fingerprint density at radius 1 is 1.38 bits per heavy atom. The molecule has 1 unspecified atom stereocenters. The Labute approximate surface area is 125 Å². The van der Waals surface area contributed by atoms with Gasteiger partial charge < -0.3 is 10.2 Å². The number of benzene rings is 1. The minimum Gasteiger partial charge on any atom is -0.374 e. The van der Waals surface area contributed by atoms with E-state index in [4.69, 9.17) is 10.6 Å². The van der Waals surface area contributed by atoms with E-state index in [2.05, 4.69) is 12.3 Å². The minimum absolute atomic E-state index is 0.0331. The molecule has 1 aromatic rings. The molecule has 0 aromatic heterocycles. The summed E-state index contributed by atoms with van der Waals surface area (Å²) in [7, 11) is 0. The van der Waals surface area contributed by atoms with Crippen LogP contribution >= 0.6 is 0 Å². The van der Waals surface area contributed by atoms with Gasteiger partial charge in [-0.05, 0) is 13.3 Å². The van der Waals surface area contributed by atoms with Gasteiger partial charge in [-0.1, -0.05) is 44.7 Å². The average molecular weight is 295 g/mol. The Balaban J connectivity index is 2.55. The first kappa shape index (κ1) is 17.4. The summed E-state index contributed by atoms with van der Waals surface area (Å²) in [6, 6.07) is 4.85. The fourth-order valence-electron chi connectivity index (χ4n) is 2.20. The van der Waals surface area contributed by atoms with E-state index in [0.717, 1.165) is 12.8 Å². The van der Waals surface area contributed by atoms with Crippen molar-refractivity contribution in [3.63, 3.8) is 0 Å². The zero-order valence-electron chi connectivity index (χ0n) is 12.8. The Bertz CT molecular complexity index is 452. The molecule has 1 atom stereocenters. The number of hydrazine groups is 1. The fourth-order valence-corrected chi connectivity index (χ4v) is 2.20. The maximum absolute atomic E-state index is 10.9. The number of nitro benzene ring substituents is 1. The first-order valence-electron chi connectivity index (χ1n) is 7.44. The molecule has 118 valence electrons. The van der Waals surface area contributed by atoms with Crippen LogP contribution in [0.5, 0.6) is 0 Å². The van der Waals surface area contributed by atoms with Crippen molar-refractivity contribution in [1.82, 2.24) is 0 Å². The molecule has 0 fully saturated rings. The first-order valence-corrected chi connectivity index (χ1v) is 7.44. The standard InChI is InChI=1S/C15H25N3O3/c1-3-4-5-6-8-12(2)21-11-13-9-7-10-14(18(19)20)15(13)17-16/h7,9-10,12,17H,3-6,8,11,16H2,1-2H3. The highest BCUT2D eigenvalue weighted by molar-refractivity contribution is 5.65. The van der Waals surface area contributed by atoms with Crippen molar-refractivity contribution in [3.05, 3.63) is 33.9 Å². The number of nitrogen functional groups attached to an aromatic ring is 1. The lowest BCUT2D eigenvalue weighted by atomic mass is 10.1. The second-order valence-electron chi connectivity index (χ2n) is 5.18. The fraction of sp³-hybridized carbons (Fsp3) is 0.600. The molecule has 0 radical (unpaired) electrons. The lowest BCUT2D eigenvalue weighted by Gasteiger charge is -2.15. The van der Waals surface area contributed by atoms with Crippen molar-refractivity contribution >= 4 is 11.4 Å². The van der Waals surface area contributed by atoms with E-state index in [1.165, 1.54) is 25.3 Å². The number of anilines is 1. The normalized spacial score (nSPS) is 12.1. The molecule has 21 heavy (non-hydrogen) atoms. The van der Waals surface area contributed by atoms with Gasteiger partial charge in [0.25, 0.3) is 5.69 Å². The molecule has 1 aromatic carbocycles. The summed E-state index contributed by atoms with van der Waals surface area (Å²) >= 11 is 0. The van der Waals surface area contributed by atoms with Crippen LogP contribution in [0.3, 0.4) is 0 Å². The number of unbranched alkanes of at least 4 members (excludes halogenated alkanes) is 3. The predicted octanol–water partition coefficient (Wildman–Crippen LogP) is 3.76. The molecule has 6 nitrogen and oxygen atoms in total. The maximum atomic E-state index is 10.9. The summed E-state index contributed by atoms with van der Waals surface area (Å²) in [4.78, 5) is 10.5. The number of hydrogen-bond acceptors (Lipinski definition) is 5. The molecule has 6 heteroatoms. The lowest BCUT2D eigenvalue weighted by Crippen LogP contribution is -2.14. The van der Waals surface area contributed by atoms with Crippen molar-refractivity contribution in [3.8, 4) is 0 Å². The second-order valence-corrected chi connectivity index (χ2v) is 5.18. The smallest absolute Gasteiger partial charge is 0.294 e. The summed E-state index contributed by atoms with van der Waals surface area (Å²) in [5.74, 6) is 5.40. The van der Waals surface area contributed by atoms with Crippen LogP contribution in [0.2, 0.25) is 0 Å². The van der Waals surface area contributed by atoms with Gasteiger partial charge in [-0.2, -0.15) is 0 Å². The van der Waals surface area contributed by atoms with Gasteiger partial charge in [0.15, 0.2) is 0 Å². The SMILES string of the molecule is CCCCCCC(C)OCc1cccc([N+](=O)[O-])c1NN. The van der Waals surface area contributed by atoms with Gasteiger partial charge in [0, 0.05) is 11.6 Å². The molecule has 0 bridgehead atoms. The van der Waals surface area contributed by atoms with E-state index in [1.807, 2.05) is 6.92 Å². The highest BCUT2D eigenvalue weighted by Crippen LogP contribution is 2.28. The number of hydrogen-bond donors (Lipinski definition) is 2. The third-order valence-corrected chi connectivity index (χ3v) is 3.46. The molecule has 0 spiro atoms. The third kappa shape index (κ3) is 5.69. The topological polar surface area (TPSA) is 90.4 Å². The lowest BCUT2D eigenvalue weighted by molar-refractivity contribution is -0.384. The van der Waals surface area contributed by atoms with Gasteiger partial charge in [-0.3, -0.25) is 16.0 Å². The van der Waals surface area contributed by atoms with Crippen LogP contribution in [0.15, 0.2) is 18.2 Å². The zero-order valence-corrected chi connectivity index (χ0v) is 12.8. The van der Waals surface area contributed by atoms with Gasteiger partial charge in [0.1, 0.15) is 5.69 Å². The number of ether oxygens (including phenoxy) is 1. The summed E-state index contributed by atoms with van der Waals surface area (Å²) in [5.41, 5.74) is 3.40. The van der Waals surface area contributed by atoms with E-state index in [-0.39, 0.29) is 11.8 Å². The first-order chi connectivity index (χ1) is 10.1. The van der Waals surface area contributed by atoms with Crippen LogP contribution in [0, 0.1) is 10.1 Å². The molecular formula is C15H25N3O3. The summed E-state index contributed by atoms with van der Waals surface area (Å²) in [5, 5.41) is 10.9. The molecular weight excluding hydrogens is 270 g/mol. The monoisotopic (exact) mass is 295 g/mol. The van der Waals surface area contributed by atoms with Crippen molar-refractivity contribution in [2.45, 2.75) is 58.7 Å². The van der Waals surface area contributed by atoms with Crippen LogP contribution < -0.4 is 11.3 Å². The Kier molecular flexibility index (Phi) is 7.71. The van der Waals surface area contributed by atoms with Crippen LogP contribution in [-0.4, -0.2) is 11.0 Å². The Morgan fingerprint density at radius 2 is 2.14 bits per heavy atom. The van der Waals surface area contributed by atoms with E-state index in [0.29, 0.717) is 17.9 Å². The van der Waals surface area contributed by atoms with Crippen molar-refractivity contribution in [1.29, 1.82) is 0 Å². The van der Waals surface area contributed by atoms with E-state index >= 15 is 0 Å². The maximum Gasteiger partial charge on any atom is 0.294 e. The highest BCUT2D eigenvalue weighted by atomic mass is 16.6. The van der Waals surface area contributed by atoms with Gasteiger partial charge in [0.05, 0.1) is 17.6 Å². The third-order valence-electron chi connectivity index (χ3n) is 3.46. The molecule has 3 N–H and O–H groups in total. The van der Waals surface area contributed by atoms with Crippen molar-refractivity contribution in [2.75, 3.05) is 5.43 Å². The van der Waals surface area contributed by atoms with Gasteiger partial charge in [0.2, 0.25) is 0 Å². The molecule has 0 aliphatic heterocycles. The Morgan fingerprint density at radius 3 is 2.76 bits per heavy atom. The average Bonchev–Trinajstić information content (AvgIpc) is 2.48. The van der Waals surface area contributed by atoms with Gasteiger partial charge in [-0.15, -0.1) is 0 Å². The summed E-state index contributed by atoms with van der Waals surface area (Å²) < 4.78 is 5.77. The van der Waals surface area contributed by atoms with Crippen LogP contribution in [-0.2, 0) is 11.3 Å². The zero-order chi connectivity index (χ0) is 15.7. The van der Waals surface area contributed by atoms with Crippen LogP contribution in [0.4, 0.5) is 11.4 Å². The molecule has 0 heterocycles. The molecule has 0 aliphatic rings. The summed E-state index contributed by atoms with van der Waals surface area (Å²) in [6.45, 7) is 4.53. The number of rotatable bonds is 10. The van der Waals surface area contributed by atoms with E-state index < -0.39 is 4.92 Å². The number of nitrogens with zero attached hydrogens (tertiary/aromatic N) is 1. The van der Waals surface area contributed by atoms with E-state index in [9.17, 15) is 10.1 Å². The highest BCUT2D eigenvalue weighted by Gasteiger charge is 2.17. The van der Waals surface area contributed by atoms with E-state index in [1.54, 1.807) is 12.1 Å². The molecule has 0 saturated carbocycles. The predicted molar refractivity (Wildman–Crippen MR) is 83.9 cm³/mol. The van der Waals surface area contributed by atoms with Gasteiger partial charge >= 0.3 is 0 Å². The van der Waals surface area contributed by atoms with Crippen LogP contribution in [0.1, 0.15) is 51.5 Å². The largest absolute Gasteiger partial charge is 0.374 e. The molecule has 0 saturated heterocycles. The number of nitro groups is 1. The van der Waals surface area contributed by atoms with Gasteiger partial charge in [-0.25, -0.2) is 0 Å². The molecule has 0 amide bonds. The quantitative estimate of drug-likeness (QED) is 0.297. The van der Waals surface area contributed by atoms with Crippen molar-refractivity contribution < 1.29 is 9.66 Å². The minimum atomic E-state index is -0.452. The number of nitrogens with one attached hydrogen (secondary N) is 1. The number of nitrogens with two attached hydrogens (primary N) is 1. The molecule has 0 aliphatic carbocycles.